The molecule has 1 aliphatic carbocycles. The van der Waals surface area contributed by atoms with Crippen LogP contribution in [-0.2, 0) is 5.54 Å². The van der Waals surface area contributed by atoms with Crippen LogP contribution >= 0.6 is 0 Å². The van der Waals surface area contributed by atoms with Gasteiger partial charge in [0.1, 0.15) is 5.75 Å². The molecule has 2 N–H and O–H groups in total. The number of ether oxygens (including phenoxy) is 1. The Kier molecular flexibility index (Phi) is 6.44. The van der Waals surface area contributed by atoms with Crippen LogP contribution in [0.2, 0.25) is 0 Å². The van der Waals surface area contributed by atoms with Crippen LogP contribution in [-0.4, -0.2) is 53.0 Å². The monoisotopic (exact) mass is 444 g/mol. The van der Waals surface area contributed by atoms with E-state index in [4.69, 9.17) is 10.5 Å². The first kappa shape index (κ1) is 22.6. The van der Waals surface area contributed by atoms with E-state index in [1.165, 1.54) is 0 Å². The summed E-state index contributed by atoms with van der Waals surface area (Å²) in [7, 11) is 0. The zero-order chi connectivity index (χ0) is 22.8. The van der Waals surface area contributed by atoms with Crippen LogP contribution in [0.4, 0.5) is 13.6 Å². The number of carbonyl (C=O) groups excluding carboxylic acids is 1. The van der Waals surface area contributed by atoms with Crippen molar-refractivity contribution in [3.63, 3.8) is 0 Å². The first-order chi connectivity index (χ1) is 15.3. The van der Waals surface area contributed by atoms with Gasteiger partial charge in [0.15, 0.2) is 0 Å². The lowest BCUT2D eigenvalue weighted by Gasteiger charge is -2.50. The molecule has 0 bridgehead atoms. The summed E-state index contributed by atoms with van der Waals surface area (Å²) in [5.74, 6) is -2.14. The summed E-state index contributed by atoms with van der Waals surface area (Å²) in [6.45, 7) is 3.99. The fraction of sp³-hybridized carbons (Fsp3) is 0.500. The molecule has 2 aliphatic rings. The lowest BCUT2D eigenvalue weighted by molar-refractivity contribution is -0.0923. The maximum Gasteiger partial charge on any atom is 0.415 e. The highest BCUT2D eigenvalue weighted by Crippen LogP contribution is 2.47. The van der Waals surface area contributed by atoms with Crippen molar-refractivity contribution in [2.75, 3.05) is 26.2 Å². The minimum Gasteiger partial charge on any atom is -0.410 e. The zero-order valence-electron chi connectivity index (χ0n) is 18.3. The summed E-state index contributed by atoms with van der Waals surface area (Å²) in [5.41, 5.74) is 7.11. The van der Waals surface area contributed by atoms with Crippen molar-refractivity contribution in [1.82, 2.24) is 14.8 Å². The summed E-state index contributed by atoms with van der Waals surface area (Å²) in [5, 5.41) is 0. The molecule has 8 heteroatoms. The number of amides is 1. The molecule has 1 atom stereocenters. The molecule has 0 radical (unpaired) electrons. The summed E-state index contributed by atoms with van der Waals surface area (Å²) in [4.78, 5) is 21.1. The topological polar surface area (TPSA) is 71.7 Å². The molecule has 6 nitrogen and oxygen atoms in total. The summed E-state index contributed by atoms with van der Waals surface area (Å²) >= 11 is 0. The average molecular weight is 445 g/mol. The second-order valence-corrected chi connectivity index (χ2v) is 8.81. The lowest BCUT2D eigenvalue weighted by Crippen LogP contribution is -2.58. The Morgan fingerprint density at radius 1 is 1.03 bits per heavy atom. The summed E-state index contributed by atoms with van der Waals surface area (Å²) < 4.78 is 33.6. The summed E-state index contributed by atoms with van der Waals surface area (Å²) in [6.07, 6.45) is 1.69. The molecular formula is C24H30F2N4O2. The highest BCUT2D eigenvalue weighted by atomic mass is 19.3. The van der Waals surface area contributed by atoms with Gasteiger partial charge in [-0.1, -0.05) is 24.3 Å². The number of aromatic nitrogens is 1. The molecule has 32 heavy (non-hydrogen) atoms. The number of rotatable bonds is 4. The molecule has 2 heterocycles. The van der Waals surface area contributed by atoms with Crippen molar-refractivity contribution >= 4 is 6.09 Å². The minimum atomic E-state index is -2.64. The van der Waals surface area contributed by atoms with Gasteiger partial charge < -0.3 is 15.4 Å². The molecule has 1 aliphatic heterocycles. The number of piperazine rings is 1. The van der Waals surface area contributed by atoms with Crippen LogP contribution in [0.15, 0.2) is 48.7 Å². The van der Waals surface area contributed by atoms with Crippen LogP contribution in [0.25, 0.3) is 0 Å². The molecule has 1 aromatic heterocycles. The van der Waals surface area contributed by atoms with Gasteiger partial charge in [0.2, 0.25) is 5.92 Å². The second kappa shape index (κ2) is 9.11. The Labute approximate surface area is 187 Å². The number of nitrogens with two attached hydrogens (primary N) is 1. The fourth-order valence-electron chi connectivity index (χ4n) is 4.68. The van der Waals surface area contributed by atoms with Gasteiger partial charge in [-0.2, -0.15) is 0 Å². The van der Waals surface area contributed by atoms with Crippen molar-refractivity contribution < 1.29 is 18.3 Å². The number of benzene rings is 1. The van der Waals surface area contributed by atoms with Crippen molar-refractivity contribution in [1.29, 1.82) is 0 Å². The van der Waals surface area contributed by atoms with Gasteiger partial charge in [0.05, 0.1) is 11.2 Å². The molecule has 0 unspecified atom stereocenters. The van der Waals surface area contributed by atoms with E-state index in [1.807, 2.05) is 37.3 Å². The third-order valence-electron chi connectivity index (χ3n) is 6.69. The van der Waals surface area contributed by atoms with Gasteiger partial charge in [-0.3, -0.25) is 9.88 Å². The van der Waals surface area contributed by atoms with Crippen molar-refractivity contribution in [3.8, 4) is 5.75 Å². The lowest BCUT2D eigenvalue weighted by atomic mass is 9.75. The first-order valence-corrected chi connectivity index (χ1v) is 11.2. The van der Waals surface area contributed by atoms with E-state index >= 15 is 0 Å². The van der Waals surface area contributed by atoms with E-state index in [0.29, 0.717) is 44.8 Å². The predicted molar refractivity (Wildman–Crippen MR) is 118 cm³/mol. The number of hydrogen-bond acceptors (Lipinski definition) is 5. The van der Waals surface area contributed by atoms with Crippen molar-refractivity contribution in [2.24, 2.45) is 5.73 Å². The fourth-order valence-corrected chi connectivity index (χ4v) is 4.68. The number of carbonyl (C=O) groups is 1. The zero-order valence-corrected chi connectivity index (χ0v) is 18.3. The Balaban J connectivity index is 1.48. The molecule has 172 valence electrons. The number of para-hydroxylation sites is 1. The Hall–Kier alpha value is -2.58. The number of halogens is 2. The first-order valence-electron chi connectivity index (χ1n) is 11.2. The van der Waals surface area contributed by atoms with Gasteiger partial charge >= 0.3 is 6.09 Å². The maximum atomic E-state index is 14.1. The van der Waals surface area contributed by atoms with Gasteiger partial charge in [0, 0.05) is 51.3 Å². The molecule has 2 aromatic rings. The van der Waals surface area contributed by atoms with E-state index in [-0.39, 0.29) is 25.0 Å². The van der Waals surface area contributed by atoms with Crippen LogP contribution in [0, 0.1) is 0 Å². The van der Waals surface area contributed by atoms with Crippen LogP contribution < -0.4 is 10.5 Å². The van der Waals surface area contributed by atoms with Gasteiger partial charge in [0.25, 0.3) is 0 Å². The SMILES string of the molecule is C[C@H](N)c1ccc(C2(N3CCN(C(=O)Oc4ccccc4)CC3)CCC(F)(F)CC2)nc1. The van der Waals surface area contributed by atoms with E-state index in [0.717, 1.165) is 11.3 Å². The van der Waals surface area contributed by atoms with Crippen LogP contribution in [0.5, 0.6) is 5.75 Å². The Bertz CT molecular complexity index is 903. The number of nitrogens with zero attached hydrogens (tertiary/aromatic N) is 3. The van der Waals surface area contributed by atoms with Crippen LogP contribution in [0.3, 0.4) is 0 Å². The summed E-state index contributed by atoms with van der Waals surface area (Å²) in [6, 6.07) is 12.7. The maximum absolute atomic E-state index is 14.1. The molecule has 1 amide bonds. The molecule has 1 saturated heterocycles. The van der Waals surface area contributed by atoms with Gasteiger partial charge in [-0.15, -0.1) is 0 Å². The quantitative estimate of drug-likeness (QED) is 0.760. The van der Waals surface area contributed by atoms with Crippen molar-refractivity contribution in [3.05, 3.63) is 59.9 Å². The third-order valence-corrected chi connectivity index (χ3v) is 6.69. The molecule has 4 rings (SSSR count). The smallest absolute Gasteiger partial charge is 0.410 e. The molecule has 0 spiro atoms. The molecular weight excluding hydrogens is 414 g/mol. The number of alkyl halides is 2. The van der Waals surface area contributed by atoms with Gasteiger partial charge in [-0.25, -0.2) is 13.6 Å². The number of hydrogen-bond donors (Lipinski definition) is 1. The van der Waals surface area contributed by atoms with Gasteiger partial charge in [-0.05, 0) is 43.5 Å². The standard InChI is InChI=1S/C24H30F2N4O2/c1-18(27)19-7-8-21(28-17-19)23(9-11-24(25,26)12-10-23)30-15-13-29(14-16-30)22(31)32-20-5-3-2-4-6-20/h2-8,17-18H,9-16,27H2,1H3/t18-/m0/s1. The number of pyridine rings is 1. The average Bonchev–Trinajstić information content (AvgIpc) is 2.80. The molecule has 2 fully saturated rings. The molecule has 1 aromatic carbocycles. The largest absolute Gasteiger partial charge is 0.415 e. The minimum absolute atomic E-state index is 0.137. The van der Waals surface area contributed by atoms with E-state index < -0.39 is 11.5 Å². The molecule has 1 saturated carbocycles. The van der Waals surface area contributed by atoms with Crippen LogP contribution in [0.1, 0.15) is 49.9 Å². The van der Waals surface area contributed by atoms with E-state index in [9.17, 15) is 13.6 Å². The normalized spacial score (nSPS) is 21.7. The van der Waals surface area contributed by atoms with Crippen molar-refractivity contribution in [2.45, 2.75) is 50.1 Å². The highest BCUT2D eigenvalue weighted by molar-refractivity contribution is 5.70. The van der Waals surface area contributed by atoms with E-state index in [2.05, 4.69) is 9.88 Å². The second-order valence-electron chi connectivity index (χ2n) is 8.81. The Morgan fingerprint density at radius 2 is 1.69 bits per heavy atom. The van der Waals surface area contributed by atoms with E-state index in [1.54, 1.807) is 23.2 Å². The third kappa shape index (κ3) is 4.76. The predicted octanol–water partition coefficient (Wildman–Crippen LogP) is 4.32. The Morgan fingerprint density at radius 3 is 2.25 bits per heavy atom. The highest BCUT2D eigenvalue weighted by Gasteiger charge is 2.49.